The summed E-state index contributed by atoms with van der Waals surface area (Å²) in [7, 11) is 3.30. The number of para-hydroxylation sites is 1. The second-order valence-electron chi connectivity index (χ2n) is 7.87. The second kappa shape index (κ2) is 10.5. The van der Waals surface area contributed by atoms with Crippen LogP contribution in [0.4, 0.5) is 0 Å². The van der Waals surface area contributed by atoms with Gasteiger partial charge in [0.15, 0.2) is 16.8 Å². The molecule has 0 saturated carbocycles. The molecular weight excluding hydrogens is 438 g/mol. The van der Waals surface area contributed by atoms with E-state index in [-0.39, 0.29) is 0 Å². The molecule has 9 heteroatoms. The number of aryl methyl sites for hydroxylation is 1. The van der Waals surface area contributed by atoms with Gasteiger partial charge >= 0.3 is 0 Å². The van der Waals surface area contributed by atoms with Gasteiger partial charge in [0, 0.05) is 6.42 Å². The average molecular weight is 466 g/mol. The Morgan fingerprint density at radius 3 is 2.52 bits per heavy atom. The summed E-state index contributed by atoms with van der Waals surface area (Å²) in [6.07, 6.45) is 1.84. The molecule has 4 rings (SSSR count). The highest BCUT2D eigenvalue weighted by Gasteiger charge is 2.20. The molecule has 33 heavy (non-hydrogen) atoms. The van der Waals surface area contributed by atoms with Crippen LogP contribution in [0.2, 0.25) is 0 Å². The van der Waals surface area contributed by atoms with Gasteiger partial charge in [0.1, 0.15) is 11.5 Å². The molecule has 0 radical (unpaired) electrons. The maximum atomic E-state index is 5.57. The summed E-state index contributed by atoms with van der Waals surface area (Å²) < 4.78 is 18.3. The maximum Gasteiger partial charge on any atom is 0.237 e. The molecular formula is C24H27N5O3S. The molecule has 2 heterocycles. The van der Waals surface area contributed by atoms with Crippen molar-refractivity contribution in [1.82, 2.24) is 24.9 Å². The van der Waals surface area contributed by atoms with Crippen LogP contribution in [0, 0.1) is 5.92 Å². The summed E-state index contributed by atoms with van der Waals surface area (Å²) in [6, 6.07) is 15.5. The Balaban J connectivity index is 1.64. The molecule has 0 atom stereocenters. The highest BCUT2D eigenvalue weighted by atomic mass is 32.2. The Bertz CT molecular complexity index is 1190. The Morgan fingerprint density at radius 1 is 1.00 bits per heavy atom. The van der Waals surface area contributed by atoms with Gasteiger partial charge in [-0.1, -0.05) is 42.9 Å². The molecule has 0 aliphatic rings. The van der Waals surface area contributed by atoms with Crippen LogP contribution in [-0.4, -0.2) is 39.1 Å². The molecule has 0 amide bonds. The summed E-state index contributed by atoms with van der Waals surface area (Å²) in [5.74, 6) is 4.59. The number of benzene rings is 2. The zero-order valence-corrected chi connectivity index (χ0v) is 20.0. The van der Waals surface area contributed by atoms with E-state index in [1.165, 1.54) is 11.8 Å². The number of rotatable bonds is 10. The zero-order chi connectivity index (χ0) is 23.2. The van der Waals surface area contributed by atoms with Crippen molar-refractivity contribution in [1.29, 1.82) is 0 Å². The van der Waals surface area contributed by atoms with E-state index in [4.69, 9.17) is 14.0 Å². The quantitative estimate of drug-likeness (QED) is 0.295. The van der Waals surface area contributed by atoms with Crippen LogP contribution in [0.25, 0.3) is 17.1 Å². The van der Waals surface area contributed by atoms with Crippen molar-refractivity contribution in [3.63, 3.8) is 0 Å². The molecule has 0 bridgehead atoms. The standard InChI is InChI=1S/C24H27N5O3S/c1-16(2)9-14-21-25-22(32-28-21)15-33-24-27-26-23(19-7-5-6-8-20(19)31-4)29(24)17-10-12-18(30-3)13-11-17/h5-8,10-13,16H,9,14-15H2,1-4H3. The number of thioether (sulfide) groups is 1. The predicted molar refractivity (Wildman–Crippen MR) is 127 cm³/mol. The fraction of sp³-hybridized carbons (Fsp3) is 0.333. The van der Waals surface area contributed by atoms with Crippen molar-refractivity contribution in [2.75, 3.05) is 14.2 Å². The van der Waals surface area contributed by atoms with Crippen LogP contribution in [0.15, 0.2) is 58.2 Å². The Labute approximate surface area is 197 Å². The highest BCUT2D eigenvalue weighted by molar-refractivity contribution is 7.98. The van der Waals surface area contributed by atoms with Crippen LogP contribution in [-0.2, 0) is 12.2 Å². The van der Waals surface area contributed by atoms with Crippen molar-refractivity contribution in [2.24, 2.45) is 5.92 Å². The topological polar surface area (TPSA) is 88.1 Å². The first-order valence-electron chi connectivity index (χ1n) is 10.8. The second-order valence-corrected chi connectivity index (χ2v) is 8.81. The van der Waals surface area contributed by atoms with Gasteiger partial charge in [-0.3, -0.25) is 4.57 Å². The number of aromatic nitrogens is 5. The third-order valence-corrected chi connectivity index (χ3v) is 6.01. The number of ether oxygens (including phenoxy) is 2. The van der Waals surface area contributed by atoms with Crippen LogP contribution in [0.3, 0.4) is 0 Å². The summed E-state index contributed by atoms with van der Waals surface area (Å²) >= 11 is 1.49. The van der Waals surface area contributed by atoms with E-state index >= 15 is 0 Å². The van der Waals surface area contributed by atoms with Crippen LogP contribution in [0.1, 0.15) is 32.0 Å². The van der Waals surface area contributed by atoms with Gasteiger partial charge in [0.25, 0.3) is 0 Å². The molecule has 0 spiro atoms. The Hall–Kier alpha value is -3.33. The minimum Gasteiger partial charge on any atom is -0.497 e. The Kier molecular flexibility index (Phi) is 7.29. The number of hydrogen-bond donors (Lipinski definition) is 0. The SMILES string of the molecule is COc1ccc(-n2c(SCc3nc(CCC(C)C)no3)nnc2-c2ccccc2OC)cc1. The van der Waals surface area contributed by atoms with E-state index in [9.17, 15) is 0 Å². The van der Waals surface area contributed by atoms with Gasteiger partial charge in [-0.05, 0) is 48.7 Å². The lowest BCUT2D eigenvalue weighted by atomic mass is 10.1. The smallest absolute Gasteiger partial charge is 0.237 e. The van der Waals surface area contributed by atoms with Gasteiger partial charge < -0.3 is 14.0 Å². The summed E-state index contributed by atoms with van der Waals surface area (Å²) in [4.78, 5) is 4.52. The van der Waals surface area contributed by atoms with E-state index in [1.807, 2.05) is 53.1 Å². The summed E-state index contributed by atoms with van der Waals surface area (Å²) in [6.45, 7) is 4.37. The molecule has 0 fully saturated rings. The van der Waals surface area contributed by atoms with Gasteiger partial charge in [0.05, 0.1) is 31.2 Å². The van der Waals surface area contributed by atoms with Gasteiger partial charge in [-0.25, -0.2) is 0 Å². The van der Waals surface area contributed by atoms with Crippen LogP contribution >= 0.6 is 11.8 Å². The minimum absolute atomic E-state index is 0.495. The molecule has 0 saturated heterocycles. The molecule has 2 aromatic heterocycles. The average Bonchev–Trinajstić information content (AvgIpc) is 3.48. The van der Waals surface area contributed by atoms with E-state index in [1.54, 1.807) is 14.2 Å². The van der Waals surface area contributed by atoms with E-state index in [0.29, 0.717) is 28.5 Å². The lowest BCUT2D eigenvalue weighted by molar-refractivity contribution is 0.383. The van der Waals surface area contributed by atoms with Gasteiger partial charge in [-0.15, -0.1) is 10.2 Å². The lowest BCUT2D eigenvalue weighted by Crippen LogP contribution is -2.01. The molecule has 2 aromatic carbocycles. The van der Waals surface area contributed by atoms with Crippen molar-refractivity contribution in [3.8, 4) is 28.6 Å². The van der Waals surface area contributed by atoms with E-state index in [2.05, 4.69) is 34.2 Å². The predicted octanol–water partition coefficient (Wildman–Crippen LogP) is 5.22. The van der Waals surface area contributed by atoms with Crippen molar-refractivity contribution >= 4 is 11.8 Å². The van der Waals surface area contributed by atoms with Crippen LogP contribution in [0.5, 0.6) is 11.5 Å². The number of hydrogen-bond acceptors (Lipinski definition) is 8. The first-order valence-corrected chi connectivity index (χ1v) is 11.7. The molecule has 8 nitrogen and oxygen atoms in total. The van der Waals surface area contributed by atoms with Crippen molar-refractivity contribution < 1.29 is 14.0 Å². The van der Waals surface area contributed by atoms with E-state index < -0.39 is 0 Å². The summed E-state index contributed by atoms with van der Waals surface area (Å²) in [5, 5.41) is 13.8. The molecule has 0 N–H and O–H groups in total. The molecule has 0 aliphatic carbocycles. The van der Waals surface area contributed by atoms with Crippen molar-refractivity contribution in [3.05, 3.63) is 60.2 Å². The van der Waals surface area contributed by atoms with Gasteiger partial charge in [0.2, 0.25) is 5.89 Å². The lowest BCUT2D eigenvalue weighted by Gasteiger charge is -2.12. The van der Waals surface area contributed by atoms with Crippen molar-refractivity contribution in [2.45, 2.75) is 37.6 Å². The number of methoxy groups -OCH3 is 2. The third-order valence-electron chi connectivity index (χ3n) is 5.09. The fourth-order valence-corrected chi connectivity index (χ4v) is 4.12. The van der Waals surface area contributed by atoms with E-state index in [0.717, 1.165) is 41.4 Å². The monoisotopic (exact) mass is 465 g/mol. The third kappa shape index (κ3) is 5.36. The van der Waals surface area contributed by atoms with Crippen LogP contribution < -0.4 is 9.47 Å². The molecule has 4 aromatic rings. The Morgan fingerprint density at radius 2 is 1.79 bits per heavy atom. The normalized spacial score (nSPS) is 11.2. The first-order chi connectivity index (χ1) is 16.1. The molecule has 0 aliphatic heterocycles. The minimum atomic E-state index is 0.495. The largest absolute Gasteiger partial charge is 0.497 e. The highest BCUT2D eigenvalue weighted by Crippen LogP contribution is 2.34. The molecule has 172 valence electrons. The first kappa shape index (κ1) is 22.8. The summed E-state index contributed by atoms with van der Waals surface area (Å²) in [5.41, 5.74) is 1.76. The zero-order valence-electron chi connectivity index (χ0n) is 19.2. The number of nitrogens with zero attached hydrogens (tertiary/aromatic N) is 5. The van der Waals surface area contributed by atoms with Gasteiger partial charge in [-0.2, -0.15) is 4.98 Å². The molecule has 0 unspecified atom stereocenters. The maximum absolute atomic E-state index is 5.57. The fourth-order valence-electron chi connectivity index (χ4n) is 3.33.